The van der Waals surface area contributed by atoms with Gasteiger partial charge in [0.2, 0.25) is 5.91 Å². The zero-order valence-corrected chi connectivity index (χ0v) is 15.0. The Hall–Kier alpha value is -1.25. The van der Waals surface area contributed by atoms with Crippen molar-refractivity contribution >= 4 is 41.2 Å². The fraction of sp³-hybridized carbons (Fsp3) is 0.400. The molecule has 0 aliphatic carbocycles. The highest BCUT2D eigenvalue weighted by Gasteiger charge is 2.25. The lowest BCUT2D eigenvalue weighted by Crippen LogP contribution is -2.33. The smallest absolute Gasteiger partial charge is 0.235 e. The summed E-state index contributed by atoms with van der Waals surface area (Å²) in [6, 6.07) is 6.03. The molecule has 0 radical (unpaired) electrons. The van der Waals surface area contributed by atoms with E-state index in [1.165, 1.54) is 35.2 Å². The molecule has 1 fully saturated rings. The molecule has 4 nitrogen and oxygen atoms in total. The van der Waals surface area contributed by atoms with Crippen molar-refractivity contribution in [2.75, 3.05) is 13.1 Å². The predicted molar refractivity (Wildman–Crippen MR) is 93.4 cm³/mol. The number of halogens is 1. The molecule has 1 aliphatic rings. The summed E-state index contributed by atoms with van der Waals surface area (Å²) in [4.78, 5) is 14.3. The molecule has 1 aromatic heterocycles. The van der Waals surface area contributed by atoms with Gasteiger partial charge in [0.15, 0.2) is 8.29 Å². The van der Waals surface area contributed by atoms with Crippen LogP contribution in [-0.4, -0.2) is 38.9 Å². The molecular formula is C15H16FN3OS3. The molecule has 122 valence electrons. The number of hydrogen-bond acceptors (Lipinski definition) is 5. The van der Waals surface area contributed by atoms with Crippen molar-refractivity contribution in [1.29, 1.82) is 0 Å². The monoisotopic (exact) mass is 369 g/mol. The van der Waals surface area contributed by atoms with E-state index in [9.17, 15) is 9.18 Å². The lowest BCUT2D eigenvalue weighted by molar-refractivity contribution is -0.129. The molecule has 1 amide bonds. The minimum Gasteiger partial charge on any atom is -0.342 e. The molecule has 0 saturated carbocycles. The Labute approximate surface area is 147 Å². The molecule has 1 aromatic carbocycles. The first kappa shape index (κ1) is 16.6. The summed E-state index contributed by atoms with van der Waals surface area (Å²) in [7, 11) is 0. The molecule has 1 atom stereocenters. The van der Waals surface area contributed by atoms with Gasteiger partial charge in [-0.3, -0.25) is 4.79 Å². The maximum Gasteiger partial charge on any atom is 0.235 e. The van der Waals surface area contributed by atoms with Gasteiger partial charge in [-0.2, -0.15) is 0 Å². The van der Waals surface area contributed by atoms with Crippen LogP contribution in [0.15, 0.2) is 28.6 Å². The Bertz CT molecular complexity index is 750. The molecule has 8 heteroatoms. The first-order valence-electron chi connectivity index (χ1n) is 7.36. The number of benzene rings is 1. The van der Waals surface area contributed by atoms with E-state index in [0.29, 0.717) is 3.95 Å². The van der Waals surface area contributed by atoms with E-state index < -0.39 is 0 Å². The highest BCUT2D eigenvalue weighted by Crippen LogP contribution is 2.29. The number of likely N-dealkylation sites (tertiary alicyclic amines) is 1. The molecule has 23 heavy (non-hydrogen) atoms. The van der Waals surface area contributed by atoms with E-state index in [0.717, 1.165) is 36.0 Å². The third kappa shape index (κ3) is 3.81. The highest BCUT2D eigenvalue weighted by molar-refractivity contribution is 8.02. The van der Waals surface area contributed by atoms with Crippen LogP contribution in [0.2, 0.25) is 0 Å². The standard InChI is InChI=1S/C15H16FN3OS3/c1-10(13(20)18-8-2-3-9-18)22-14-17-19(15(21)23-14)12-6-4-11(16)5-7-12/h4-7,10H,2-3,8-9H2,1H3/t10-/m0/s1. The molecule has 2 heterocycles. The second kappa shape index (κ2) is 7.11. The number of rotatable bonds is 4. The summed E-state index contributed by atoms with van der Waals surface area (Å²) in [6.45, 7) is 3.60. The van der Waals surface area contributed by atoms with Crippen LogP contribution < -0.4 is 0 Å². The van der Waals surface area contributed by atoms with E-state index in [1.807, 2.05) is 11.8 Å². The van der Waals surface area contributed by atoms with Gasteiger partial charge in [0.1, 0.15) is 5.82 Å². The fourth-order valence-electron chi connectivity index (χ4n) is 2.45. The van der Waals surface area contributed by atoms with Crippen LogP contribution in [-0.2, 0) is 4.79 Å². The van der Waals surface area contributed by atoms with Crippen molar-refractivity contribution in [1.82, 2.24) is 14.7 Å². The Kier molecular flexibility index (Phi) is 5.13. The number of carbonyl (C=O) groups excluding carboxylic acids is 1. The Morgan fingerprint density at radius 2 is 2.00 bits per heavy atom. The van der Waals surface area contributed by atoms with Gasteiger partial charge in [0, 0.05) is 13.1 Å². The molecule has 3 rings (SSSR count). The van der Waals surface area contributed by atoms with Gasteiger partial charge in [-0.05, 0) is 56.2 Å². The third-order valence-electron chi connectivity index (χ3n) is 3.64. The Balaban J connectivity index is 1.74. The molecular weight excluding hydrogens is 353 g/mol. The SMILES string of the molecule is C[C@H](Sc1nn(-c2ccc(F)cc2)c(=S)s1)C(=O)N1CCCC1. The van der Waals surface area contributed by atoms with Crippen molar-refractivity contribution in [3.05, 3.63) is 34.0 Å². The third-order valence-corrected chi connectivity index (χ3v) is 6.05. The van der Waals surface area contributed by atoms with E-state index in [1.54, 1.807) is 16.8 Å². The Morgan fingerprint density at radius 1 is 1.35 bits per heavy atom. The van der Waals surface area contributed by atoms with Gasteiger partial charge >= 0.3 is 0 Å². The minimum absolute atomic E-state index is 0.155. The summed E-state index contributed by atoms with van der Waals surface area (Å²) in [5.74, 6) is -0.142. The van der Waals surface area contributed by atoms with Gasteiger partial charge in [-0.1, -0.05) is 23.1 Å². The predicted octanol–water partition coefficient (Wildman–Crippen LogP) is 3.91. The van der Waals surface area contributed by atoms with Crippen molar-refractivity contribution < 1.29 is 9.18 Å². The summed E-state index contributed by atoms with van der Waals surface area (Å²) < 4.78 is 16.0. The van der Waals surface area contributed by atoms with Gasteiger partial charge in [-0.25, -0.2) is 9.07 Å². The molecule has 0 bridgehead atoms. The summed E-state index contributed by atoms with van der Waals surface area (Å²) in [6.07, 6.45) is 2.17. The quantitative estimate of drug-likeness (QED) is 0.605. The van der Waals surface area contributed by atoms with Crippen LogP contribution in [0, 0.1) is 9.77 Å². The van der Waals surface area contributed by atoms with E-state index in [4.69, 9.17) is 12.2 Å². The zero-order valence-electron chi connectivity index (χ0n) is 12.6. The van der Waals surface area contributed by atoms with Crippen LogP contribution in [0.3, 0.4) is 0 Å². The maximum absolute atomic E-state index is 13.0. The van der Waals surface area contributed by atoms with Crippen LogP contribution in [0.1, 0.15) is 19.8 Å². The van der Waals surface area contributed by atoms with Crippen LogP contribution in [0.25, 0.3) is 5.69 Å². The molecule has 2 aromatic rings. The van der Waals surface area contributed by atoms with Crippen LogP contribution in [0.5, 0.6) is 0 Å². The van der Waals surface area contributed by atoms with Crippen molar-refractivity contribution in [2.45, 2.75) is 29.4 Å². The van der Waals surface area contributed by atoms with E-state index in [-0.39, 0.29) is 17.0 Å². The number of thioether (sulfide) groups is 1. The first-order chi connectivity index (χ1) is 11.0. The Morgan fingerprint density at radius 3 is 2.65 bits per heavy atom. The number of nitrogens with zero attached hydrogens (tertiary/aromatic N) is 3. The average Bonchev–Trinajstić information content (AvgIpc) is 3.17. The fourth-order valence-corrected chi connectivity index (χ4v) is 5.04. The number of aromatic nitrogens is 2. The summed E-state index contributed by atoms with van der Waals surface area (Å²) in [5.41, 5.74) is 0.720. The van der Waals surface area contributed by atoms with Gasteiger partial charge in [-0.15, -0.1) is 5.10 Å². The van der Waals surface area contributed by atoms with Gasteiger partial charge in [0.05, 0.1) is 10.9 Å². The zero-order chi connectivity index (χ0) is 16.4. The molecule has 1 saturated heterocycles. The second-order valence-electron chi connectivity index (χ2n) is 5.31. The van der Waals surface area contributed by atoms with Crippen molar-refractivity contribution in [2.24, 2.45) is 0 Å². The highest BCUT2D eigenvalue weighted by atomic mass is 32.2. The lowest BCUT2D eigenvalue weighted by atomic mass is 10.3. The number of hydrogen-bond donors (Lipinski definition) is 0. The van der Waals surface area contributed by atoms with Crippen molar-refractivity contribution in [3.63, 3.8) is 0 Å². The molecule has 0 spiro atoms. The largest absolute Gasteiger partial charge is 0.342 e. The van der Waals surface area contributed by atoms with Crippen molar-refractivity contribution in [3.8, 4) is 5.69 Å². The average molecular weight is 370 g/mol. The van der Waals surface area contributed by atoms with E-state index in [2.05, 4.69) is 5.10 Å². The first-order valence-corrected chi connectivity index (χ1v) is 9.46. The lowest BCUT2D eigenvalue weighted by Gasteiger charge is -2.18. The second-order valence-corrected chi connectivity index (χ2v) is 8.53. The van der Waals surface area contributed by atoms with Gasteiger partial charge < -0.3 is 4.90 Å². The van der Waals surface area contributed by atoms with E-state index >= 15 is 0 Å². The molecule has 0 N–H and O–H groups in total. The number of carbonyl (C=O) groups is 1. The molecule has 0 unspecified atom stereocenters. The number of amides is 1. The minimum atomic E-state index is -0.296. The summed E-state index contributed by atoms with van der Waals surface area (Å²) >= 11 is 8.12. The maximum atomic E-state index is 13.0. The normalized spacial score (nSPS) is 15.8. The van der Waals surface area contributed by atoms with Crippen LogP contribution >= 0.6 is 35.3 Å². The molecule has 1 aliphatic heterocycles. The summed E-state index contributed by atoms with van der Waals surface area (Å²) in [5, 5.41) is 4.27. The topological polar surface area (TPSA) is 38.1 Å². The van der Waals surface area contributed by atoms with Gasteiger partial charge in [0.25, 0.3) is 0 Å². The van der Waals surface area contributed by atoms with Crippen LogP contribution in [0.4, 0.5) is 4.39 Å².